The largest absolute Gasteiger partial charge is 0.255 e. The fourth-order valence-corrected chi connectivity index (χ4v) is 4.97. The lowest BCUT2D eigenvalue weighted by atomic mass is 10.0. The highest BCUT2D eigenvalue weighted by atomic mass is 32.1. The van der Waals surface area contributed by atoms with E-state index in [-0.39, 0.29) is 0 Å². The van der Waals surface area contributed by atoms with E-state index in [1.54, 1.807) is 6.20 Å². The molecule has 0 atom stereocenters. The van der Waals surface area contributed by atoms with Crippen LogP contribution < -0.4 is 0 Å². The first-order valence-electron chi connectivity index (χ1n) is 11.6. The molecule has 0 radical (unpaired) electrons. The maximum absolute atomic E-state index is 4.63. The summed E-state index contributed by atoms with van der Waals surface area (Å²) in [6.45, 7) is 0. The highest BCUT2D eigenvalue weighted by Gasteiger charge is 2.11. The predicted octanol–water partition coefficient (Wildman–Crippen LogP) is 8.20. The molecule has 0 spiro atoms. The van der Waals surface area contributed by atoms with Crippen molar-refractivity contribution in [1.29, 1.82) is 0 Å². The minimum absolute atomic E-state index is 0.759. The zero-order valence-corrected chi connectivity index (χ0v) is 21.0. The van der Waals surface area contributed by atoms with Crippen molar-refractivity contribution in [2.75, 3.05) is 0 Å². The van der Waals surface area contributed by atoms with Crippen LogP contribution in [0.4, 0.5) is 0 Å². The zero-order chi connectivity index (χ0) is 24.5. The molecule has 0 amide bonds. The van der Waals surface area contributed by atoms with Crippen LogP contribution in [0.2, 0.25) is 0 Å². The maximum atomic E-state index is 4.63. The minimum Gasteiger partial charge on any atom is -0.255 e. The average molecular weight is 500 g/mol. The van der Waals surface area contributed by atoms with Gasteiger partial charge in [-0.05, 0) is 69.1 Å². The van der Waals surface area contributed by atoms with Crippen molar-refractivity contribution in [2.24, 2.45) is 0 Å². The Labute approximate surface area is 220 Å². The molecule has 0 saturated carbocycles. The topological polar surface area (TPSA) is 38.7 Å². The van der Waals surface area contributed by atoms with Crippen molar-refractivity contribution in [1.82, 2.24) is 15.2 Å². The third-order valence-corrected chi connectivity index (χ3v) is 7.08. The third-order valence-electron chi connectivity index (χ3n) is 6.30. The monoisotopic (exact) mass is 499 g/mol. The van der Waals surface area contributed by atoms with Crippen molar-refractivity contribution in [3.05, 3.63) is 114 Å². The van der Waals surface area contributed by atoms with E-state index in [0.717, 1.165) is 65.1 Å². The number of aromatic nitrogens is 3. The molecule has 0 aromatic heterocycles. The molecule has 2 aliphatic heterocycles. The van der Waals surface area contributed by atoms with E-state index >= 15 is 0 Å². The molecule has 0 unspecified atom stereocenters. The smallest absolute Gasteiger partial charge is 0.113 e. The Bertz CT molecular complexity index is 1770. The molecule has 2 aliphatic rings. The number of hydrogen-bond donors (Lipinski definition) is 2. The Balaban J connectivity index is 1.32. The summed E-state index contributed by atoms with van der Waals surface area (Å²) in [6, 6.07) is 28.8. The molecule has 2 heterocycles. The lowest BCUT2D eigenvalue weighted by molar-refractivity contribution is 1.08. The number of nitrogens with zero attached hydrogens (tertiary/aromatic N) is 3. The molecule has 0 N–H and O–H groups in total. The van der Waals surface area contributed by atoms with Gasteiger partial charge in [0.05, 0.1) is 17.6 Å². The molecule has 6 rings (SSSR count). The Hall–Kier alpha value is -3.93. The SMILES string of the molecule is Sc1ccc(/C=C/c2ccc3c(/C=C/c4ccc(S)c5ccccc45)nnc-3cn2)c2ccccc12. The van der Waals surface area contributed by atoms with E-state index < -0.39 is 0 Å². The quantitative estimate of drug-likeness (QED) is 0.240. The van der Waals surface area contributed by atoms with E-state index in [2.05, 4.69) is 89.0 Å². The van der Waals surface area contributed by atoms with Gasteiger partial charge < -0.3 is 0 Å². The second-order valence-electron chi connectivity index (χ2n) is 8.51. The van der Waals surface area contributed by atoms with Crippen molar-refractivity contribution in [2.45, 2.75) is 9.79 Å². The average Bonchev–Trinajstić information content (AvgIpc) is 3.19. The van der Waals surface area contributed by atoms with Gasteiger partial charge in [0, 0.05) is 15.4 Å². The summed E-state index contributed by atoms with van der Waals surface area (Å²) in [6.07, 6.45) is 9.98. The van der Waals surface area contributed by atoms with Crippen LogP contribution >= 0.6 is 25.3 Å². The fourth-order valence-electron chi connectivity index (χ4n) is 4.43. The summed E-state index contributed by atoms with van der Waals surface area (Å²) in [5.74, 6) is 0. The molecule has 0 bridgehead atoms. The van der Waals surface area contributed by atoms with E-state index in [0.29, 0.717) is 0 Å². The number of benzene rings is 4. The molecule has 0 aliphatic carbocycles. The summed E-state index contributed by atoms with van der Waals surface area (Å²) in [7, 11) is 0. The van der Waals surface area contributed by atoms with Gasteiger partial charge in [0.15, 0.2) is 0 Å². The number of rotatable bonds is 4. The van der Waals surface area contributed by atoms with Crippen molar-refractivity contribution >= 4 is 71.1 Å². The summed E-state index contributed by atoms with van der Waals surface area (Å²) in [4.78, 5) is 6.57. The molecule has 3 nitrogen and oxygen atoms in total. The van der Waals surface area contributed by atoms with Crippen LogP contribution in [0.15, 0.2) is 101 Å². The first kappa shape index (κ1) is 22.5. The van der Waals surface area contributed by atoms with Crippen LogP contribution in [0, 0.1) is 0 Å². The Morgan fingerprint density at radius 3 is 1.75 bits per heavy atom. The molecule has 0 fully saturated rings. The number of fused-ring (bicyclic) bond motifs is 3. The predicted molar refractivity (Wildman–Crippen MR) is 157 cm³/mol. The van der Waals surface area contributed by atoms with Crippen LogP contribution in [0.1, 0.15) is 22.5 Å². The fraction of sp³-hybridized carbons (Fsp3) is 0. The normalized spacial score (nSPS) is 11.9. The molecule has 0 saturated heterocycles. The van der Waals surface area contributed by atoms with Gasteiger partial charge in [-0.2, -0.15) is 0 Å². The van der Waals surface area contributed by atoms with Gasteiger partial charge >= 0.3 is 0 Å². The van der Waals surface area contributed by atoms with Gasteiger partial charge in [-0.25, -0.2) is 0 Å². The molecular weight excluding hydrogens is 478 g/mol. The van der Waals surface area contributed by atoms with Gasteiger partial charge in [0.1, 0.15) is 5.69 Å². The molecule has 4 aromatic rings. The van der Waals surface area contributed by atoms with Gasteiger partial charge in [-0.3, -0.25) is 4.98 Å². The van der Waals surface area contributed by atoms with Gasteiger partial charge in [-0.15, -0.1) is 35.5 Å². The van der Waals surface area contributed by atoms with Crippen LogP contribution in [-0.4, -0.2) is 15.2 Å². The van der Waals surface area contributed by atoms with Crippen molar-refractivity contribution in [3.63, 3.8) is 0 Å². The van der Waals surface area contributed by atoms with E-state index in [1.807, 2.05) is 60.7 Å². The highest BCUT2D eigenvalue weighted by molar-refractivity contribution is 7.80. The van der Waals surface area contributed by atoms with Gasteiger partial charge in [-0.1, -0.05) is 72.8 Å². The lowest BCUT2D eigenvalue weighted by Crippen LogP contribution is -1.81. The first-order chi connectivity index (χ1) is 17.7. The summed E-state index contributed by atoms with van der Waals surface area (Å²) in [5, 5.41) is 13.3. The summed E-state index contributed by atoms with van der Waals surface area (Å²) < 4.78 is 0. The number of thiol groups is 2. The summed E-state index contributed by atoms with van der Waals surface area (Å²) in [5.41, 5.74) is 5.61. The Morgan fingerprint density at radius 1 is 0.528 bits per heavy atom. The second-order valence-corrected chi connectivity index (χ2v) is 9.47. The molecular formula is C31H21N3S2. The Morgan fingerprint density at radius 2 is 1.11 bits per heavy atom. The van der Waals surface area contributed by atoms with Gasteiger partial charge in [0.2, 0.25) is 0 Å². The molecule has 4 aromatic carbocycles. The van der Waals surface area contributed by atoms with Crippen LogP contribution in [0.3, 0.4) is 0 Å². The summed E-state index contributed by atoms with van der Waals surface area (Å²) >= 11 is 9.18. The van der Waals surface area contributed by atoms with Crippen LogP contribution in [-0.2, 0) is 0 Å². The van der Waals surface area contributed by atoms with Crippen LogP contribution in [0.5, 0.6) is 0 Å². The van der Waals surface area contributed by atoms with Crippen LogP contribution in [0.25, 0.3) is 57.1 Å². The highest BCUT2D eigenvalue weighted by Crippen LogP contribution is 2.29. The number of hydrogen-bond acceptors (Lipinski definition) is 5. The molecule has 5 heteroatoms. The Kier molecular flexibility index (Phi) is 6.01. The first-order valence-corrected chi connectivity index (χ1v) is 12.5. The third kappa shape index (κ3) is 4.28. The van der Waals surface area contributed by atoms with Crippen molar-refractivity contribution in [3.8, 4) is 11.3 Å². The maximum Gasteiger partial charge on any atom is 0.113 e. The zero-order valence-electron chi connectivity index (χ0n) is 19.2. The van der Waals surface area contributed by atoms with Gasteiger partial charge in [0.25, 0.3) is 0 Å². The van der Waals surface area contributed by atoms with E-state index in [1.165, 1.54) is 0 Å². The lowest BCUT2D eigenvalue weighted by Gasteiger charge is -2.04. The standard InChI is InChI=1S/C31H21N3S2/c35-30-17-11-20(23-5-1-3-7-25(23)30)9-13-22-14-15-27-28(33-34-29(27)19-32-22)16-10-21-12-18-31(36)26-8-4-2-6-24(21)26/h1-19,35-36H/b13-9+,16-10+. The minimum atomic E-state index is 0.759. The van der Waals surface area contributed by atoms with E-state index in [9.17, 15) is 0 Å². The molecule has 36 heavy (non-hydrogen) atoms. The van der Waals surface area contributed by atoms with Crippen molar-refractivity contribution < 1.29 is 0 Å². The van der Waals surface area contributed by atoms with E-state index in [4.69, 9.17) is 0 Å². The second kappa shape index (κ2) is 9.61. The molecule has 172 valence electrons.